The molecule has 1 aromatic carbocycles. The third-order valence-electron chi connectivity index (χ3n) is 4.86. The second-order valence-corrected chi connectivity index (χ2v) is 7.44. The quantitative estimate of drug-likeness (QED) is 0.872. The standard InChI is InChI=1S/C21H28N4O2/c1-14-7-6-10-25(12-14)21-22-17(4)11-19(24-21)27-13-18(26)23-20-15(2)8-5-9-16(20)3/h5,8-9,11,14H,6-7,10,12-13H2,1-4H3,(H,23,26)/t14-/m0/s1. The average molecular weight is 368 g/mol. The van der Waals surface area contributed by atoms with Gasteiger partial charge in [0.05, 0.1) is 0 Å². The summed E-state index contributed by atoms with van der Waals surface area (Å²) in [5, 5.41) is 2.93. The van der Waals surface area contributed by atoms with Gasteiger partial charge in [0.2, 0.25) is 11.8 Å². The van der Waals surface area contributed by atoms with Crippen molar-refractivity contribution < 1.29 is 9.53 Å². The number of para-hydroxylation sites is 1. The van der Waals surface area contributed by atoms with Gasteiger partial charge in [-0.05, 0) is 50.7 Å². The number of nitrogens with zero attached hydrogens (tertiary/aromatic N) is 3. The number of benzene rings is 1. The molecule has 144 valence electrons. The number of piperidine rings is 1. The van der Waals surface area contributed by atoms with Crippen LogP contribution in [0, 0.1) is 26.7 Å². The van der Waals surface area contributed by atoms with Gasteiger partial charge < -0.3 is 15.0 Å². The zero-order chi connectivity index (χ0) is 19.4. The van der Waals surface area contributed by atoms with Crippen molar-refractivity contribution in [2.75, 3.05) is 29.9 Å². The molecule has 0 unspecified atom stereocenters. The third kappa shape index (κ3) is 4.96. The number of carbonyl (C=O) groups is 1. The molecule has 1 aromatic heterocycles. The Bertz CT molecular complexity index is 802. The first kappa shape index (κ1) is 19.1. The summed E-state index contributed by atoms with van der Waals surface area (Å²) >= 11 is 0. The van der Waals surface area contributed by atoms with Crippen molar-refractivity contribution in [3.8, 4) is 5.88 Å². The zero-order valence-corrected chi connectivity index (χ0v) is 16.6. The summed E-state index contributed by atoms with van der Waals surface area (Å²) in [5.74, 6) is 1.56. The minimum atomic E-state index is -0.197. The molecule has 6 nitrogen and oxygen atoms in total. The Hall–Kier alpha value is -2.63. The topological polar surface area (TPSA) is 67.3 Å². The van der Waals surface area contributed by atoms with Crippen molar-refractivity contribution in [2.24, 2.45) is 5.92 Å². The molecule has 1 aliphatic heterocycles. The number of aryl methyl sites for hydroxylation is 3. The lowest BCUT2D eigenvalue weighted by Gasteiger charge is -2.31. The van der Waals surface area contributed by atoms with Crippen molar-refractivity contribution in [1.82, 2.24) is 9.97 Å². The van der Waals surface area contributed by atoms with E-state index in [1.165, 1.54) is 6.42 Å². The van der Waals surface area contributed by atoms with Crippen LogP contribution in [0.25, 0.3) is 0 Å². The molecule has 27 heavy (non-hydrogen) atoms. The van der Waals surface area contributed by atoms with Crippen LogP contribution in [-0.2, 0) is 4.79 Å². The van der Waals surface area contributed by atoms with Gasteiger partial charge in [-0.3, -0.25) is 4.79 Å². The molecule has 1 N–H and O–H groups in total. The monoisotopic (exact) mass is 368 g/mol. The molecule has 2 aromatic rings. The Labute approximate surface area is 161 Å². The lowest BCUT2D eigenvalue weighted by atomic mass is 10.0. The molecule has 0 aliphatic carbocycles. The maximum atomic E-state index is 12.3. The molecule has 3 rings (SSSR count). The highest BCUT2D eigenvalue weighted by molar-refractivity contribution is 5.93. The van der Waals surface area contributed by atoms with Gasteiger partial charge in [-0.15, -0.1) is 0 Å². The SMILES string of the molecule is Cc1cc(OCC(=O)Nc2c(C)cccc2C)nc(N2CCC[C@H](C)C2)n1. The van der Waals surface area contributed by atoms with E-state index in [9.17, 15) is 4.79 Å². The first-order valence-corrected chi connectivity index (χ1v) is 9.52. The molecular weight excluding hydrogens is 340 g/mol. The van der Waals surface area contributed by atoms with Gasteiger partial charge in [0.1, 0.15) is 0 Å². The normalized spacial score (nSPS) is 16.9. The molecule has 2 heterocycles. The first-order chi connectivity index (χ1) is 12.9. The number of ether oxygens (including phenoxy) is 1. The number of hydrogen-bond acceptors (Lipinski definition) is 5. The van der Waals surface area contributed by atoms with E-state index in [1.54, 1.807) is 6.07 Å². The van der Waals surface area contributed by atoms with E-state index < -0.39 is 0 Å². The molecule has 0 bridgehead atoms. The van der Waals surface area contributed by atoms with Crippen LogP contribution in [0.15, 0.2) is 24.3 Å². The molecule has 1 aliphatic rings. The van der Waals surface area contributed by atoms with E-state index in [4.69, 9.17) is 4.74 Å². The molecule has 0 spiro atoms. The summed E-state index contributed by atoms with van der Waals surface area (Å²) in [6, 6.07) is 7.69. The van der Waals surface area contributed by atoms with Crippen molar-refractivity contribution in [3.63, 3.8) is 0 Å². The maximum absolute atomic E-state index is 12.3. The lowest BCUT2D eigenvalue weighted by Crippen LogP contribution is -2.35. The predicted octanol–water partition coefficient (Wildman–Crippen LogP) is 3.66. The molecule has 0 radical (unpaired) electrons. The smallest absolute Gasteiger partial charge is 0.262 e. The van der Waals surface area contributed by atoms with Crippen LogP contribution in [0.2, 0.25) is 0 Å². The van der Waals surface area contributed by atoms with Gasteiger partial charge in [-0.1, -0.05) is 25.1 Å². The summed E-state index contributed by atoms with van der Waals surface area (Å²) in [5.41, 5.74) is 3.74. The summed E-state index contributed by atoms with van der Waals surface area (Å²) in [6.45, 7) is 9.95. The number of hydrogen-bond donors (Lipinski definition) is 1. The maximum Gasteiger partial charge on any atom is 0.262 e. The van der Waals surface area contributed by atoms with Crippen molar-refractivity contribution in [3.05, 3.63) is 41.1 Å². The van der Waals surface area contributed by atoms with Crippen LogP contribution in [-0.4, -0.2) is 35.6 Å². The Kier molecular flexibility index (Phi) is 5.94. The third-order valence-corrected chi connectivity index (χ3v) is 4.86. The highest BCUT2D eigenvalue weighted by atomic mass is 16.5. The van der Waals surface area contributed by atoms with Gasteiger partial charge >= 0.3 is 0 Å². The number of nitrogens with one attached hydrogen (secondary N) is 1. The first-order valence-electron chi connectivity index (χ1n) is 9.52. The predicted molar refractivity (Wildman–Crippen MR) is 107 cm³/mol. The van der Waals surface area contributed by atoms with E-state index in [-0.39, 0.29) is 12.5 Å². The minimum Gasteiger partial charge on any atom is -0.467 e. The largest absolute Gasteiger partial charge is 0.467 e. The molecule has 6 heteroatoms. The van der Waals surface area contributed by atoms with Crippen LogP contribution in [0.5, 0.6) is 5.88 Å². The summed E-state index contributed by atoms with van der Waals surface area (Å²) in [6.07, 6.45) is 2.39. The van der Waals surface area contributed by atoms with E-state index in [2.05, 4.69) is 27.1 Å². The number of anilines is 2. The minimum absolute atomic E-state index is 0.0833. The Balaban J connectivity index is 1.64. The van der Waals surface area contributed by atoms with Gasteiger partial charge in [-0.2, -0.15) is 4.98 Å². The van der Waals surface area contributed by atoms with Crippen LogP contribution in [0.3, 0.4) is 0 Å². The fourth-order valence-electron chi connectivity index (χ4n) is 3.44. The van der Waals surface area contributed by atoms with E-state index >= 15 is 0 Å². The average Bonchev–Trinajstić information content (AvgIpc) is 2.63. The zero-order valence-electron chi connectivity index (χ0n) is 16.6. The van der Waals surface area contributed by atoms with Gasteiger partial charge in [0.25, 0.3) is 5.91 Å². The number of rotatable bonds is 5. The van der Waals surface area contributed by atoms with E-state index in [0.717, 1.165) is 42.0 Å². The van der Waals surface area contributed by atoms with Crippen LogP contribution in [0.4, 0.5) is 11.6 Å². The Morgan fingerprint density at radius 3 is 2.70 bits per heavy atom. The van der Waals surface area contributed by atoms with Crippen molar-refractivity contribution >= 4 is 17.5 Å². The second-order valence-electron chi connectivity index (χ2n) is 7.44. The molecule has 0 saturated carbocycles. The molecule has 1 fully saturated rings. The molecular formula is C21H28N4O2. The number of carbonyl (C=O) groups excluding carboxylic acids is 1. The molecule has 1 atom stereocenters. The lowest BCUT2D eigenvalue weighted by molar-refractivity contribution is -0.118. The Morgan fingerprint density at radius 2 is 2.00 bits per heavy atom. The highest BCUT2D eigenvalue weighted by Gasteiger charge is 2.19. The summed E-state index contributed by atoms with van der Waals surface area (Å²) in [7, 11) is 0. The molecule has 1 amide bonds. The van der Waals surface area contributed by atoms with Gasteiger partial charge in [0, 0.05) is 30.5 Å². The van der Waals surface area contributed by atoms with E-state index in [0.29, 0.717) is 17.7 Å². The van der Waals surface area contributed by atoms with Crippen molar-refractivity contribution in [2.45, 2.75) is 40.5 Å². The van der Waals surface area contributed by atoms with E-state index in [1.807, 2.05) is 39.0 Å². The number of aromatic nitrogens is 2. The van der Waals surface area contributed by atoms with Crippen LogP contribution in [0.1, 0.15) is 36.6 Å². The van der Waals surface area contributed by atoms with Gasteiger partial charge in [-0.25, -0.2) is 4.98 Å². The van der Waals surface area contributed by atoms with Gasteiger partial charge in [0.15, 0.2) is 6.61 Å². The van der Waals surface area contributed by atoms with Crippen LogP contribution < -0.4 is 15.0 Å². The Morgan fingerprint density at radius 1 is 1.26 bits per heavy atom. The highest BCUT2D eigenvalue weighted by Crippen LogP contribution is 2.23. The second kappa shape index (κ2) is 8.37. The summed E-state index contributed by atoms with van der Waals surface area (Å²) in [4.78, 5) is 23.6. The fraction of sp³-hybridized carbons (Fsp3) is 0.476. The van der Waals surface area contributed by atoms with Crippen molar-refractivity contribution in [1.29, 1.82) is 0 Å². The fourth-order valence-corrected chi connectivity index (χ4v) is 3.44. The van der Waals surface area contributed by atoms with Crippen LogP contribution >= 0.6 is 0 Å². The number of amides is 1. The summed E-state index contributed by atoms with van der Waals surface area (Å²) < 4.78 is 5.67. The molecule has 1 saturated heterocycles.